The van der Waals surface area contributed by atoms with E-state index < -0.39 is 0 Å². The van der Waals surface area contributed by atoms with Gasteiger partial charge in [-0.25, -0.2) is 0 Å². The minimum Gasteiger partial charge on any atom is -0.495 e. The normalized spacial score (nSPS) is 10.4. The number of nitrogens with one attached hydrogen (secondary N) is 1. The Hall–Kier alpha value is -0.230. The standard InChI is InChI=1S/C12H10Br2ClNOS/c1-17-11-4-7(2-3-10(11)15)16-6-8-5-9(13)12(14)18-8/h2-5,16H,6H2,1H3. The average Bonchev–Trinajstić information content (AvgIpc) is 2.68. The van der Waals surface area contributed by atoms with E-state index in [0.717, 1.165) is 20.5 Å². The van der Waals surface area contributed by atoms with E-state index in [4.69, 9.17) is 16.3 Å². The first-order valence-electron chi connectivity index (χ1n) is 5.11. The summed E-state index contributed by atoms with van der Waals surface area (Å²) in [5.74, 6) is 0.676. The molecule has 0 bridgehead atoms. The predicted molar refractivity (Wildman–Crippen MR) is 85.0 cm³/mol. The zero-order valence-electron chi connectivity index (χ0n) is 9.47. The molecule has 1 N–H and O–H groups in total. The van der Waals surface area contributed by atoms with Crippen LogP contribution in [-0.2, 0) is 6.54 Å². The van der Waals surface area contributed by atoms with Gasteiger partial charge in [-0.2, -0.15) is 0 Å². The van der Waals surface area contributed by atoms with E-state index in [-0.39, 0.29) is 0 Å². The lowest BCUT2D eigenvalue weighted by atomic mass is 10.3. The molecule has 1 aromatic heterocycles. The van der Waals surface area contributed by atoms with Gasteiger partial charge >= 0.3 is 0 Å². The van der Waals surface area contributed by atoms with Crippen molar-refractivity contribution >= 4 is 60.5 Å². The third kappa shape index (κ3) is 3.41. The van der Waals surface area contributed by atoms with Gasteiger partial charge in [0, 0.05) is 27.6 Å². The average molecular weight is 412 g/mol. The van der Waals surface area contributed by atoms with E-state index >= 15 is 0 Å². The monoisotopic (exact) mass is 409 g/mol. The highest BCUT2D eigenvalue weighted by Crippen LogP contribution is 2.33. The molecule has 96 valence electrons. The molecule has 0 aliphatic heterocycles. The Morgan fingerprint density at radius 2 is 2.11 bits per heavy atom. The van der Waals surface area contributed by atoms with Gasteiger partial charge < -0.3 is 10.1 Å². The maximum atomic E-state index is 5.97. The zero-order chi connectivity index (χ0) is 13.1. The summed E-state index contributed by atoms with van der Waals surface area (Å²) in [6.07, 6.45) is 0. The number of hydrogen-bond acceptors (Lipinski definition) is 3. The molecule has 2 aromatic rings. The Balaban J connectivity index is 2.06. The second-order valence-corrected chi connectivity index (χ2v) is 7.25. The van der Waals surface area contributed by atoms with Gasteiger partial charge in [0.25, 0.3) is 0 Å². The lowest BCUT2D eigenvalue weighted by molar-refractivity contribution is 0.415. The molecule has 0 atom stereocenters. The molecule has 18 heavy (non-hydrogen) atoms. The smallest absolute Gasteiger partial charge is 0.139 e. The van der Waals surface area contributed by atoms with Crippen LogP contribution >= 0.6 is 54.8 Å². The number of rotatable bonds is 4. The molecular formula is C12H10Br2ClNOS. The summed E-state index contributed by atoms with van der Waals surface area (Å²) in [7, 11) is 1.61. The Bertz CT molecular complexity index is 540. The van der Waals surface area contributed by atoms with E-state index in [1.165, 1.54) is 4.88 Å². The van der Waals surface area contributed by atoms with Crippen LogP contribution in [0.1, 0.15) is 4.88 Å². The second-order valence-electron chi connectivity index (χ2n) is 3.54. The fraction of sp³-hybridized carbons (Fsp3) is 0.167. The highest BCUT2D eigenvalue weighted by Gasteiger charge is 2.05. The molecular weight excluding hydrogens is 401 g/mol. The van der Waals surface area contributed by atoms with Crippen LogP contribution in [0.3, 0.4) is 0 Å². The third-order valence-corrected chi connectivity index (χ3v) is 5.88. The summed E-state index contributed by atoms with van der Waals surface area (Å²) < 4.78 is 7.36. The van der Waals surface area contributed by atoms with Gasteiger partial charge in [0.15, 0.2) is 0 Å². The van der Waals surface area contributed by atoms with Gasteiger partial charge in [0.1, 0.15) is 5.75 Å². The molecule has 0 saturated heterocycles. The van der Waals surface area contributed by atoms with Crippen molar-refractivity contribution in [3.63, 3.8) is 0 Å². The number of hydrogen-bond donors (Lipinski definition) is 1. The molecule has 2 nitrogen and oxygen atoms in total. The minimum atomic E-state index is 0.615. The molecule has 0 aliphatic rings. The molecule has 1 heterocycles. The fourth-order valence-electron chi connectivity index (χ4n) is 1.44. The highest BCUT2D eigenvalue weighted by atomic mass is 79.9. The summed E-state index contributed by atoms with van der Waals surface area (Å²) in [6.45, 7) is 0.764. The van der Waals surface area contributed by atoms with Crippen molar-refractivity contribution < 1.29 is 4.74 Å². The van der Waals surface area contributed by atoms with Crippen molar-refractivity contribution in [3.05, 3.63) is 42.4 Å². The summed E-state index contributed by atoms with van der Waals surface area (Å²) in [5, 5.41) is 3.95. The first kappa shape index (κ1) is 14.2. The second kappa shape index (κ2) is 6.28. The SMILES string of the molecule is COc1cc(NCc2cc(Br)c(Br)s2)ccc1Cl. The number of methoxy groups -OCH3 is 1. The molecule has 0 spiro atoms. The lowest BCUT2D eigenvalue weighted by Gasteiger charge is -2.08. The van der Waals surface area contributed by atoms with E-state index in [1.54, 1.807) is 18.4 Å². The summed E-state index contributed by atoms with van der Waals surface area (Å²) in [6, 6.07) is 7.74. The number of anilines is 1. The van der Waals surface area contributed by atoms with E-state index in [1.807, 2.05) is 18.2 Å². The number of ether oxygens (including phenoxy) is 1. The summed E-state index contributed by atoms with van der Waals surface area (Å²) >= 11 is 14.6. The van der Waals surface area contributed by atoms with Crippen molar-refractivity contribution in [2.75, 3.05) is 12.4 Å². The van der Waals surface area contributed by atoms with E-state index in [2.05, 4.69) is 43.2 Å². The quantitative estimate of drug-likeness (QED) is 0.712. The third-order valence-electron chi connectivity index (χ3n) is 2.31. The van der Waals surface area contributed by atoms with Crippen molar-refractivity contribution in [1.29, 1.82) is 0 Å². The van der Waals surface area contributed by atoms with Crippen LogP contribution in [0.25, 0.3) is 0 Å². The van der Waals surface area contributed by atoms with E-state index in [0.29, 0.717) is 10.8 Å². The molecule has 0 fully saturated rings. The Morgan fingerprint density at radius 3 is 2.72 bits per heavy atom. The molecule has 6 heteroatoms. The van der Waals surface area contributed by atoms with Gasteiger partial charge in [0.05, 0.1) is 15.9 Å². The van der Waals surface area contributed by atoms with Gasteiger partial charge in [0.2, 0.25) is 0 Å². The molecule has 0 amide bonds. The number of halogens is 3. The highest BCUT2D eigenvalue weighted by molar-refractivity contribution is 9.13. The topological polar surface area (TPSA) is 21.3 Å². The maximum Gasteiger partial charge on any atom is 0.139 e. The summed E-state index contributed by atoms with van der Waals surface area (Å²) in [5.41, 5.74) is 0.983. The first-order chi connectivity index (χ1) is 8.60. The largest absolute Gasteiger partial charge is 0.495 e. The van der Waals surface area contributed by atoms with Crippen molar-refractivity contribution in [3.8, 4) is 5.75 Å². The van der Waals surface area contributed by atoms with Crippen LogP contribution in [0.5, 0.6) is 5.75 Å². The molecule has 0 aliphatic carbocycles. The first-order valence-corrected chi connectivity index (χ1v) is 7.89. The number of benzene rings is 1. The predicted octanol–water partition coefficient (Wildman–Crippen LogP) is 5.55. The molecule has 2 rings (SSSR count). The van der Waals surface area contributed by atoms with Gasteiger partial charge in [-0.05, 0) is 50.1 Å². The molecule has 0 radical (unpaired) electrons. The van der Waals surface area contributed by atoms with E-state index in [9.17, 15) is 0 Å². The van der Waals surface area contributed by atoms with Crippen molar-refractivity contribution in [1.82, 2.24) is 0 Å². The van der Waals surface area contributed by atoms with Crippen molar-refractivity contribution in [2.45, 2.75) is 6.54 Å². The zero-order valence-corrected chi connectivity index (χ0v) is 14.2. The Kier molecular flexibility index (Phi) is 4.95. The van der Waals surface area contributed by atoms with Crippen LogP contribution in [0.15, 0.2) is 32.5 Å². The van der Waals surface area contributed by atoms with Crippen LogP contribution < -0.4 is 10.1 Å². The lowest BCUT2D eigenvalue weighted by Crippen LogP contribution is -1.97. The number of thiophene rings is 1. The Morgan fingerprint density at radius 1 is 1.33 bits per heavy atom. The molecule has 0 unspecified atom stereocenters. The Labute approximate surface area is 132 Å². The molecule has 0 saturated carbocycles. The van der Waals surface area contributed by atoms with Crippen LogP contribution in [-0.4, -0.2) is 7.11 Å². The van der Waals surface area contributed by atoms with Gasteiger partial charge in [-0.3, -0.25) is 0 Å². The van der Waals surface area contributed by atoms with Gasteiger partial charge in [-0.1, -0.05) is 11.6 Å². The van der Waals surface area contributed by atoms with Crippen LogP contribution in [0.4, 0.5) is 5.69 Å². The van der Waals surface area contributed by atoms with Crippen molar-refractivity contribution in [2.24, 2.45) is 0 Å². The fourth-order valence-corrected chi connectivity index (χ4v) is 3.75. The minimum absolute atomic E-state index is 0.615. The summed E-state index contributed by atoms with van der Waals surface area (Å²) in [4.78, 5) is 1.24. The molecule has 1 aromatic carbocycles. The van der Waals surface area contributed by atoms with Crippen LogP contribution in [0.2, 0.25) is 5.02 Å². The maximum absolute atomic E-state index is 5.97. The van der Waals surface area contributed by atoms with Gasteiger partial charge in [-0.15, -0.1) is 11.3 Å². The van der Waals surface area contributed by atoms with Crippen LogP contribution in [0, 0.1) is 0 Å².